The Hall–Kier alpha value is -0.580. The fourth-order valence-electron chi connectivity index (χ4n) is 1.05. The Labute approximate surface area is 94.4 Å². The van der Waals surface area contributed by atoms with Crippen molar-refractivity contribution in [2.24, 2.45) is 0 Å². The predicted octanol–water partition coefficient (Wildman–Crippen LogP) is 2.53. The molecule has 0 radical (unpaired) electrons. The van der Waals surface area contributed by atoms with Crippen molar-refractivity contribution < 1.29 is 15.0 Å². The average Bonchev–Trinajstić information content (AvgIpc) is 2.12. The zero-order valence-electron chi connectivity index (χ0n) is 7.29. The Morgan fingerprint density at radius 2 is 2.14 bits per heavy atom. The van der Waals surface area contributed by atoms with Gasteiger partial charge in [-0.25, -0.2) is 4.79 Å². The van der Waals surface area contributed by atoms with Gasteiger partial charge in [0.05, 0.1) is 0 Å². The topological polar surface area (TPSA) is 57.5 Å². The van der Waals surface area contributed by atoms with E-state index in [-0.39, 0.29) is 10.6 Å². The number of aliphatic carboxylic acids is 1. The Balaban J connectivity index is 3.32. The molecule has 5 heteroatoms. The highest BCUT2D eigenvalue weighted by Gasteiger charge is 2.22. The second-order valence-electron chi connectivity index (χ2n) is 2.83. The molecule has 0 amide bonds. The molecule has 2 N–H and O–H groups in total. The number of halogens is 2. The lowest BCUT2D eigenvalue weighted by Crippen LogP contribution is -2.12. The monoisotopic (exact) mass is 278 g/mol. The Morgan fingerprint density at radius 1 is 1.57 bits per heavy atom. The normalized spacial score (nSPS) is 12.6. The fraction of sp³-hybridized carbons (Fsp3) is 0.222. The number of aryl methyl sites for hydroxylation is 1. The van der Waals surface area contributed by atoms with Gasteiger partial charge in [0, 0.05) is 15.1 Å². The molecule has 3 nitrogen and oxygen atoms in total. The van der Waals surface area contributed by atoms with E-state index in [1.807, 2.05) is 0 Å². The van der Waals surface area contributed by atoms with Crippen molar-refractivity contribution in [3.8, 4) is 0 Å². The zero-order chi connectivity index (χ0) is 10.9. The van der Waals surface area contributed by atoms with Crippen LogP contribution in [-0.2, 0) is 4.79 Å². The number of hydrogen-bond donors (Lipinski definition) is 2. The quantitative estimate of drug-likeness (QED) is 0.874. The van der Waals surface area contributed by atoms with E-state index in [9.17, 15) is 9.90 Å². The molecule has 1 atom stereocenters. The number of carbonyl (C=O) groups is 1. The Morgan fingerprint density at radius 3 is 2.64 bits per heavy atom. The van der Waals surface area contributed by atoms with Crippen LogP contribution in [0.3, 0.4) is 0 Å². The molecular weight excluding hydrogens is 271 g/mol. The van der Waals surface area contributed by atoms with Crippen molar-refractivity contribution in [2.75, 3.05) is 0 Å². The molecule has 1 aromatic carbocycles. The number of aliphatic hydroxyl groups excluding tert-OH is 1. The van der Waals surface area contributed by atoms with Crippen LogP contribution in [0.15, 0.2) is 16.6 Å². The molecule has 0 heterocycles. The van der Waals surface area contributed by atoms with E-state index >= 15 is 0 Å². The maximum Gasteiger partial charge on any atom is 0.337 e. The minimum absolute atomic E-state index is 0.194. The summed E-state index contributed by atoms with van der Waals surface area (Å²) in [6.45, 7) is 1.79. The average molecular weight is 280 g/mol. The summed E-state index contributed by atoms with van der Waals surface area (Å²) in [5, 5.41) is 18.2. The summed E-state index contributed by atoms with van der Waals surface area (Å²) in [4.78, 5) is 10.6. The summed E-state index contributed by atoms with van der Waals surface area (Å²) in [7, 11) is 0. The number of benzene rings is 1. The van der Waals surface area contributed by atoms with Crippen LogP contribution in [0.2, 0.25) is 5.02 Å². The van der Waals surface area contributed by atoms with E-state index in [4.69, 9.17) is 16.7 Å². The molecule has 0 aliphatic heterocycles. The first kappa shape index (κ1) is 11.5. The highest BCUT2D eigenvalue weighted by molar-refractivity contribution is 9.10. The summed E-state index contributed by atoms with van der Waals surface area (Å²) >= 11 is 8.98. The van der Waals surface area contributed by atoms with Gasteiger partial charge in [0.25, 0.3) is 0 Å². The van der Waals surface area contributed by atoms with Crippen molar-refractivity contribution in [1.29, 1.82) is 0 Å². The van der Waals surface area contributed by atoms with E-state index in [1.54, 1.807) is 19.1 Å². The van der Waals surface area contributed by atoms with Gasteiger partial charge < -0.3 is 10.2 Å². The number of carboxylic acid groups (broad SMARTS) is 1. The van der Waals surface area contributed by atoms with Crippen LogP contribution < -0.4 is 0 Å². The van der Waals surface area contributed by atoms with Gasteiger partial charge in [0.15, 0.2) is 6.10 Å². The first-order valence-electron chi connectivity index (χ1n) is 3.80. The first-order chi connectivity index (χ1) is 6.45. The SMILES string of the molecule is Cc1ccc(Cl)c(C(O)C(=O)O)c1Br. The summed E-state index contributed by atoms with van der Waals surface area (Å²) in [6, 6.07) is 3.30. The number of rotatable bonds is 2. The standard InChI is InChI=1S/C9H8BrClO3/c1-4-2-3-5(11)6(7(4)10)8(12)9(13)14/h2-3,8,12H,1H3,(H,13,14). The van der Waals surface area contributed by atoms with Crippen LogP contribution in [0, 0.1) is 6.92 Å². The minimum atomic E-state index is -1.60. The van der Waals surface area contributed by atoms with Gasteiger partial charge in [-0.15, -0.1) is 0 Å². The van der Waals surface area contributed by atoms with Crippen molar-refractivity contribution in [3.05, 3.63) is 32.8 Å². The molecule has 0 aromatic heterocycles. The molecule has 1 rings (SSSR count). The van der Waals surface area contributed by atoms with Gasteiger partial charge in [-0.05, 0) is 18.6 Å². The van der Waals surface area contributed by atoms with Crippen LogP contribution >= 0.6 is 27.5 Å². The predicted molar refractivity (Wildman–Crippen MR) is 56.5 cm³/mol. The summed E-state index contributed by atoms with van der Waals surface area (Å²) in [6.07, 6.45) is -1.60. The number of carboxylic acids is 1. The van der Waals surface area contributed by atoms with Gasteiger partial charge in [-0.1, -0.05) is 33.6 Å². The lowest BCUT2D eigenvalue weighted by Gasteiger charge is -2.12. The fourth-order valence-corrected chi connectivity index (χ4v) is 1.99. The summed E-state index contributed by atoms with van der Waals surface area (Å²) in [5.41, 5.74) is 1.02. The van der Waals surface area contributed by atoms with Crippen LogP contribution in [0.5, 0.6) is 0 Å². The van der Waals surface area contributed by atoms with Crippen LogP contribution in [0.4, 0.5) is 0 Å². The van der Waals surface area contributed by atoms with Gasteiger partial charge in [-0.3, -0.25) is 0 Å². The van der Waals surface area contributed by atoms with Crippen molar-refractivity contribution >= 4 is 33.5 Å². The molecule has 0 aliphatic rings. The van der Waals surface area contributed by atoms with Crippen LogP contribution in [-0.4, -0.2) is 16.2 Å². The smallest absolute Gasteiger partial charge is 0.337 e. The Kier molecular flexibility index (Phi) is 3.53. The third-order valence-electron chi connectivity index (χ3n) is 1.83. The van der Waals surface area contributed by atoms with Crippen LogP contribution in [0.1, 0.15) is 17.2 Å². The molecule has 76 valence electrons. The van der Waals surface area contributed by atoms with E-state index in [1.165, 1.54) is 0 Å². The lowest BCUT2D eigenvalue weighted by molar-refractivity contribution is -0.147. The molecule has 14 heavy (non-hydrogen) atoms. The third kappa shape index (κ3) is 2.08. The van der Waals surface area contributed by atoms with E-state index in [2.05, 4.69) is 15.9 Å². The maximum absolute atomic E-state index is 10.6. The second-order valence-corrected chi connectivity index (χ2v) is 4.03. The van der Waals surface area contributed by atoms with Crippen molar-refractivity contribution in [1.82, 2.24) is 0 Å². The maximum atomic E-state index is 10.6. The van der Waals surface area contributed by atoms with Crippen molar-refractivity contribution in [3.63, 3.8) is 0 Å². The van der Waals surface area contributed by atoms with Gasteiger partial charge in [-0.2, -0.15) is 0 Å². The van der Waals surface area contributed by atoms with Gasteiger partial charge in [0.1, 0.15) is 0 Å². The largest absolute Gasteiger partial charge is 0.479 e. The molecule has 0 aliphatic carbocycles. The van der Waals surface area contributed by atoms with Crippen LogP contribution in [0.25, 0.3) is 0 Å². The van der Waals surface area contributed by atoms with Crippen molar-refractivity contribution in [2.45, 2.75) is 13.0 Å². The van der Waals surface area contributed by atoms with E-state index in [0.717, 1.165) is 5.56 Å². The molecule has 1 aromatic rings. The molecule has 0 fully saturated rings. The number of aliphatic hydroxyl groups is 1. The molecular formula is C9H8BrClO3. The molecule has 0 bridgehead atoms. The Bertz CT molecular complexity index is 379. The molecule has 1 unspecified atom stereocenters. The van der Waals surface area contributed by atoms with Gasteiger partial charge >= 0.3 is 5.97 Å². The first-order valence-corrected chi connectivity index (χ1v) is 4.97. The van der Waals surface area contributed by atoms with E-state index < -0.39 is 12.1 Å². The number of hydrogen-bond acceptors (Lipinski definition) is 2. The summed E-state index contributed by atoms with van der Waals surface area (Å²) < 4.78 is 0.528. The summed E-state index contributed by atoms with van der Waals surface area (Å²) in [5.74, 6) is -1.32. The van der Waals surface area contributed by atoms with E-state index in [0.29, 0.717) is 4.47 Å². The minimum Gasteiger partial charge on any atom is -0.479 e. The second kappa shape index (κ2) is 4.29. The third-order valence-corrected chi connectivity index (χ3v) is 3.21. The van der Waals surface area contributed by atoms with Gasteiger partial charge in [0.2, 0.25) is 0 Å². The zero-order valence-corrected chi connectivity index (χ0v) is 9.63. The highest BCUT2D eigenvalue weighted by Crippen LogP contribution is 2.33. The molecule has 0 spiro atoms. The highest BCUT2D eigenvalue weighted by atomic mass is 79.9. The lowest BCUT2D eigenvalue weighted by atomic mass is 10.1. The molecule has 0 saturated heterocycles. The molecule has 0 saturated carbocycles.